The number of hydrogen-bond donors (Lipinski definition) is 1. The quantitative estimate of drug-likeness (QED) is 0.810. The summed E-state index contributed by atoms with van der Waals surface area (Å²) in [5.74, 6) is 0.616. The largest absolute Gasteiger partial charge is 0.399 e. The Hall–Kier alpha value is -1.39. The summed E-state index contributed by atoms with van der Waals surface area (Å²) in [6.45, 7) is 1.92. The number of benzene rings is 1. The molecule has 0 radical (unpaired) electrons. The minimum absolute atomic E-state index is 0.150. The zero-order chi connectivity index (χ0) is 12.7. The molecule has 6 heteroatoms. The molecule has 90 valence electrons. The summed E-state index contributed by atoms with van der Waals surface area (Å²) in [5, 5.41) is 0.300. The van der Waals surface area contributed by atoms with Gasteiger partial charge in [0.2, 0.25) is 10.6 Å². The van der Waals surface area contributed by atoms with Gasteiger partial charge in [0.1, 0.15) is 5.82 Å². The smallest absolute Gasteiger partial charge is 0.226 e. The molecule has 0 amide bonds. The Morgan fingerprint density at radius 2 is 1.53 bits per heavy atom. The highest BCUT2D eigenvalue weighted by Gasteiger charge is 1.98. The number of aryl methyl sites for hydroxylation is 1. The van der Waals surface area contributed by atoms with E-state index in [0.717, 1.165) is 5.69 Å². The fourth-order valence-corrected chi connectivity index (χ4v) is 1.37. The molecule has 2 N–H and O–H groups in total. The van der Waals surface area contributed by atoms with Crippen molar-refractivity contribution in [3.8, 4) is 0 Å². The Kier molecular flexibility index (Phi) is 5.66. The van der Waals surface area contributed by atoms with Crippen molar-refractivity contribution in [3.05, 3.63) is 46.7 Å². The molecule has 2 aromatic rings. The van der Waals surface area contributed by atoms with Crippen molar-refractivity contribution in [2.75, 3.05) is 5.73 Å². The summed E-state index contributed by atoms with van der Waals surface area (Å²) in [6, 6.07) is 9.49. The van der Waals surface area contributed by atoms with Gasteiger partial charge in [-0.1, -0.05) is 25.1 Å². The van der Waals surface area contributed by atoms with Crippen LogP contribution in [0, 0.1) is 0 Å². The second-order valence-corrected chi connectivity index (χ2v) is 3.73. The number of hydrogen-bond acceptors (Lipinski definition) is 4. The highest BCUT2D eigenvalue weighted by atomic mass is 35.5. The Bertz CT molecular complexity index is 442. The van der Waals surface area contributed by atoms with Gasteiger partial charge in [0.15, 0.2) is 0 Å². The van der Waals surface area contributed by atoms with Gasteiger partial charge in [-0.25, -0.2) is 9.97 Å². The predicted octanol–water partition coefficient (Wildman–Crippen LogP) is 3.01. The highest BCUT2D eigenvalue weighted by molar-refractivity contribution is 6.30. The van der Waals surface area contributed by atoms with Crippen LogP contribution in [0.5, 0.6) is 0 Å². The molecule has 1 aromatic heterocycles. The molecule has 0 saturated heterocycles. The number of rotatable bonds is 1. The Labute approximate surface area is 110 Å². The van der Waals surface area contributed by atoms with Crippen molar-refractivity contribution in [3.63, 3.8) is 0 Å². The first-order chi connectivity index (χ1) is 8.11. The van der Waals surface area contributed by atoms with Crippen LogP contribution in [0.25, 0.3) is 0 Å². The third kappa shape index (κ3) is 5.47. The maximum Gasteiger partial charge on any atom is 0.226 e. The van der Waals surface area contributed by atoms with E-state index in [1.165, 1.54) is 0 Å². The number of nitrogen functional groups attached to an aromatic ring is 1. The molecule has 0 bridgehead atoms. The molecular formula is C11H12Cl2N4. The van der Waals surface area contributed by atoms with E-state index in [1.54, 1.807) is 0 Å². The van der Waals surface area contributed by atoms with E-state index in [-0.39, 0.29) is 10.6 Å². The lowest BCUT2D eigenvalue weighted by Gasteiger charge is -1.94. The zero-order valence-corrected chi connectivity index (χ0v) is 10.8. The summed E-state index contributed by atoms with van der Waals surface area (Å²) in [6.07, 6.45) is 0.710. The molecule has 0 spiro atoms. The van der Waals surface area contributed by atoms with E-state index < -0.39 is 0 Å². The van der Waals surface area contributed by atoms with Gasteiger partial charge in [0.25, 0.3) is 0 Å². The molecule has 4 nitrogen and oxygen atoms in total. The van der Waals surface area contributed by atoms with E-state index in [0.29, 0.717) is 12.2 Å². The number of nitrogens with two attached hydrogens (primary N) is 1. The second-order valence-electron chi connectivity index (χ2n) is 3.05. The van der Waals surface area contributed by atoms with Crippen LogP contribution in [0.2, 0.25) is 10.6 Å². The van der Waals surface area contributed by atoms with Gasteiger partial charge in [0, 0.05) is 12.1 Å². The van der Waals surface area contributed by atoms with Crippen LogP contribution in [0.15, 0.2) is 30.3 Å². The van der Waals surface area contributed by atoms with Crippen molar-refractivity contribution in [2.45, 2.75) is 13.3 Å². The van der Waals surface area contributed by atoms with Crippen LogP contribution >= 0.6 is 23.2 Å². The third-order valence-electron chi connectivity index (χ3n) is 1.74. The maximum absolute atomic E-state index is 5.48. The minimum atomic E-state index is 0.150. The Balaban J connectivity index is 0.000000181. The lowest BCUT2D eigenvalue weighted by Crippen LogP contribution is -1.95. The van der Waals surface area contributed by atoms with Crippen LogP contribution < -0.4 is 5.73 Å². The lowest BCUT2D eigenvalue weighted by molar-refractivity contribution is 0.898. The monoisotopic (exact) mass is 270 g/mol. The molecule has 0 fully saturated rings. The van der Waals surface area contributed by atoms with Gasteiger partial charge in [-0.3, -0.25) is 0 Å². The van der Waals surface area contributed by atoms with Crippen molar-refractivity contribution in [1.29, 1.82) is 0 Å². The summed E-state index contributed by atoms with van der Waals surface area (Å²) >= 11 is 11.0. The predicted molar refractivity (Wildman–Crippen MR) is 70.1 cm³/mol. The molecule has 0 unspecified atom stereocenters. The number of halogens is 2. The van der Waals surface area contributed by atoms with Gasteiger partial charge in [-0.2, -0.15) is 4.98 Å². The molecule has 17 heavy (non-hydrogen) atoms. The number of nitrogens with zero attached hydrogens (tertiary/aromatic N) is 3. The summed E-state index contributed by atoms with van der Waals surface area (Å²) < 4.78 is 0. The molecule has 0 aliphatic heterocycles. The second kappa shape index (κ2) is 7.04. The minimum Gasteiger partial charge on any atom is -0.399 e. The topological polar surface area (TPSA) is 64.7 Å². The highest BCUT2D eigenvalue weighted by Crippen LogP contribution is 2.05. The van der Waals surface area contributed by atoms with Crippen LogP contribution in [0.1, 0.15) is 12.7 Å². The normalized spacial score (nSPS) is 9.35. The average molecular weight is 271 g/mol. The van der Waals surface area contributed by atoms with E-state index in [9.17, 15) is 0 Å². The zero-order valence-electron chi connectivity index (χ0n) is 9.27. The molecular weight excluding hydrogens is 259 g/mol. The van der Waals surface area contributed by atoms with Crippen LogP contribution in [0.4, 0.5) is 5.69 Å². The first kappa shape index (κ1) is 13.7. The van der Waals surface area contributed by atoms with E-state index in [2.05, 4.69) is 15.0 Å². The standard InChI is InChI=1S/C6H7N.C5H5Cl2N3/c7-6-4-2-1-3-5-6;1-2-3-8-4(6)10-5(7)9-3/h1-5H,7H2;2H2,1H3. The van der Waals surface area contributed by atoms with Crippen molar-refractivity contribution < 1.29 is 0 Å². The Morgan fingerprint density at radius 1 is 1.00 bits per heavy atom. The van der Waals surface area contributed by atoms with Gasteiger partial charge >= 0.3 is 0 Å². The van der Waals surface area contributed by atoms with Crippen molar-refractivity contribution in [2.24, 2.45) is 0 Å². The van der Waals surface area contributed by atoms with E-state index >= 15 is 0 Å². The SMILES string of the molecule is CCc1nc(Cl)nc(Cl)n1.Nc1ccccc1. The van der Waals surface area contributed by atoms with E-state index in [1.807, 2.05) is 37.3 Å². The summed E-state index contributed by atoms with van der Waals surface area (Å²) in [5.41, 5.74) is 6.18. The van der Waals surface area contributed by atoms with Crippen LogP contribution in [-0.2, 0) is 6.42 Å². The van der Waals surface area contributed by atoms with Crippen molar-refractivity contribution >= 4 is 28.9 Å². The molecule has 1 aromatic carbocycles. The maximum atomic E-state index is 5.48. The van der Waals surface area contributed by atoms with Crippen LogP contribution in [0.3, 0.4) is 0 Å². The fraction of sp³-hybridized carbons (Fsp3) is 0.182. The first-order valence-electron chi connectivity index (χ1n) is 4.98. The van der Waals surface area contributed by atoms with Gasteiger partial charge in [-0.05, 0) is 35.3 Å². The summed E-state index contributed by atoms with van der Waals surface area (Å²) in [4.78, 5) is 11.2. The average Bonchev–Trinajstić information content (AvgIpc) is 2.29. The lowest BCUT2D eigenvalue weighted by atomic mass is 10.3. The van der Waals surface area contributed by atoms with Gasteiger partial charge < -0.3 is 5.73 Å². The van der Waals surface area contributed by atoms with Crippen molar-refractivity contribution in [1.82, 2.24) is 15.0 Å². The molecule has 0 atom stereocenters. The molecule has 2 rings (SSSR count). The summed E-state index contributed by atoms with van der Waals surface area (Å²) in [7, 11) is 0. The molecule has 1 heterocycles. The molecule has 0 aliphatic carbocycles. The Morgan fingerprint density at radius 3 is 1.88 bits per heavy atom. The number of aromatic nitrogens is 3. The number of para-hydroxylation sites is 1. The third-order valence-corrected chi connectivity index (χ3v) is 2.08. The molecule has 0 aliphatic rings. The van der Waals surface area contributed by atoms with E-state index in [4.69, 9.17) is 28.9 Å². The first-order valence-corrected chi connectivity index (χ1v) is 5.74. The number of anilines is 1. The van der Waals surface area contributed by atoms with Crippen LogP contribution in [-0.4, -0.2) is 15.0 Å². The molecule has 0 saturated carbocycles. The fourth-order valence-electron chi connectivity index (χ4n) is 0.975. The van der Waals surface area contributed by atoms with Gasteiger partial charge in [-0.15, -0.1) is 0 Å². The van der Waals surface area contributed by atoms with Gasteiger partial charge in [0.05, 0.1) is 0 Å².